The lowest BCUT2D eigenvalue weighted by molar-refractivity contribution is -0.167. The van der Waals surface area contributed by atoms with Gasteiger partial charge in [-0.2, -0.15) is 0 Å². The largest absolute Gasteiger partial charge is 0.462 e. The van der Waals surface area contributed by atoms with Crippen LogP contribution >= 0.6 is 0 Å². The first kappa shape index (κ1) is 59.3. The first-order valence-corrected chi connectivity index (χ1v) is 25.7. The summed E-state index contributed by atoms with van der Waals surface area (Å²) in [7, 11) is 0. The number of carbonyl (C=O) groups is 3. The predicted octanol–water partition coefficient (Wildman–Crippen LogP) is 17.0. The van der Waals surface area contributed by atoms with Gasteiger partial charge in [0.15, 0.2) is 6.10 Å². The van der Waals surface area contributed by atoms with Gasteiger partial charge in [0.2, 0.25) is 0 Å². The molecule has 0 aliphatic rings. The van der Waals surface area contributed by atoms with Crippen LogP contribution in [0.4, 0.5) is 0 Å². The summed E-state index contributed by atoms with van der Waals surface area (Å²) >= 11 is 0. The Morgan fingerprint density at radius 2 is 0.635 bits per heavy atom. The summed E-state index contributed by atoms with van der Waals surface area (Å²) in [6, 6.07) is 0. The molecule has 0 rings (SSSR count). The molecule has 0 spiro atoms. The van der Waals surface area contributed by atoms with Crippen molar-refractivity contribution in [3.05, 3.63) is 97.2 Å². The number of allylic oxidation sites excluding steroid dienone is 16. The molecule has 6 nitrogen and oxygen atoms in total. The molecule has 0 aliphatic carbocycles. The summed E-state index contributed by atoms with van der Waals surface area (Å²) in [5, 5.41) is 0. The third kappa shape index (κ3) is 49.2. The Balaban J connectivity index is 4.52. The van der Waals surface area contributed by atoms with Gasteiger partial charge in [-0.1, -0.05) is 189 Å². The van der Waals surface area contributed by atoms with Crippen molar-refractivity contribution in [2.24, 2.45) is 0 Å². The van der Waals surface area contributed by atoms with Crippen LogP contribution in [0.25, 0.3) is 0 Å². The Kier molecular flexibility index (Phi) is 48.0. The van der Waals surface area contributed by atoms with E-state index in [0.717, 1.165) is 116 Å². The van der Waals surface area contributed by atoms with Crippen molar-refractivity contribution in [2.75, 3.05) is 13.2 Å². The van der Waals surface area contributed by atoms with Crippen molar-refractivity contribution in [2.45, 2.75) is 232 Å². The lowest BCUT2D eigenvalue weighted by atomic mass is 10.1. The molecule has 0 saturated heterocycles. The Labute approximate surface area is 387 Å². The molecule has 0 aromatic rings. The van der Waals surface area contributed by atoms with E-state index < -0.39 is 6.10 Å². The number of esters is 3. The van der Waals surface area contributed by atoms with E-state index in [2.05, 4.69) is 118 Å². The molecule has 0 aliphatic heterocycles. The first-order valence-electron chi connectivity index (χ1n) is 25.7. The van der Waals surface area contributed by atoms with E-state index in [1.54, 1.807) is 0 Å². The van der Waals surface area contributed by atoms with Gasteiger partial charge in [-0.05, 0) is 116 Å². The summed E-state index contributed by atoms with van der Waals surface area (Å²) in [4.78, 5) is 37.9. The normalized spacial score (nSPS) is 12.9. The maximum atomic E-state index is 12.8. The standard InChI is InChI=1S/C57H94O6/c1-4-7-10-13-16-19-22-25-27-28-30-32-35-38-41-44-47-50-56(59)62-53-54(52-61-55(58)49-46-43-40-37-34-31-24-21-18-15-12-9-6-3)63-57(60)51-48-45-42-39-36-33-29-26-23-20-17-14-11-8-5-2/h8,11,16-17,19-21,24-27,29-30,32,38,41,54H,4-7,9-10,12-15,18,22-23,28,31,33-37,39-40,42-53H2,1-3H3/b11-8+,19-16+,20-17+,24-21+,27-25+,29-26+,32-30+,41-38+/t54-/m1/s1. The molecule has 63 heavy (non-hydrogen) atoms. The highest BCUT2D eigenvalue weighted by Crippen LogP contribution is 2.13. The van der Waals surface area contributed by atoms with E-state index in [1.165, 1.54) is 64.2 Å². The van der Waals surface area contributed by atoms with E-state index in [-0.39, 0.29) is 37.5 Å². The van der Waals surface area contributed by atoms with Crippen LogP contribution in [0.3, 0.4) is 0 Å². The Morgan fingerprint density at radius 1 is 0.333 bits per heavy atom. The van der Waals surface area contributed by atoms with Crippen LogP contribution < -0.4 is 0 Å². The minimum atomic E-state index is -0.812. The number of hydrogen-bond acceptors (Lipinski definition) is 6. The van der Waals surface area contributed by atoms with Crippen molar-refractivity contribution < 1.29 is 28.6 Å². The molecule has 1 atom stereocenters. The fourth-order valence-electron chi connectivity index (χ4n) is 6.68. The van der Waals surface area contributed by atoms with Crippen LogP contribution in [0.15, 0.2) is 97.2 Å². The average Bonchev–Trinajstić information content (AvgIpc) is 3.28. The molecule has 358 valence electrons. The van der Waals surface area contributed by atoms with Crippen LogP contribution in [-0.2, 0) is 28.6 Å². The van der Waals surface area contributed by atoms with Gasteiger partial charge in [0.05, 0.1) is 0 Å². The van der Waals surface area contributed by atoms with Gasteiger partial charge in [0.1, 0.15) is 13.2 Å². The monoisotopic (exact) mass is 875 g/mol. The molecule has 0 amide bonds. The summed E-state index contributed by atoms with van der Waals surface area (Å²) < 4.78 is 16.7. The van der Waals surface area contributed by atoms with Gasteiger partial charge in [0.25, 0.3) is 0 Å². The zero-order valence-electron chi connectivity index (χ0n) is 40.8. The first-order chi connectivity index (χ1) is 31.0. The molecule has 0 N–H and O–H groups in total. The number of carbonyl (C=O) groups excluding carboxylic acids is 3. The van der Waals surface area contributed by atoms with Gasteiger partial charge in [0, 0.05) is 19.3 Å². The zero-order valence-corrected chi connectivity index (χ0v) is 40.8. The lowest BCUT2D eigenvalue weighted by Crippen LogP contribution is -2.30. The molecular weight excluding hydrogens is 781 g/mol. The molecule has 0 saturated carbocycles. The van der Waals surface area contributed by atoms with E-state index in [4.69, 9.17) is 14.2 Å². The number of ether oxygens (including phenoxy) is 3. The van der Waals surface area contributed by atoms with Crippen molar-refractivity contribution in [1.82, 2.24) is 0 Å². The fraction of sp³-hybridized carbons (Fsp3) is 0.667. The van der Waals surface area contributed by atoms with Gasteiger partial charge >= 0.3 is 17.9 Å². The van der Waals surface area contributed by atoms with E-state index in [0.29, 0.717) is 19.3 Å². The van der Waals surface area contributed by atoms with Crippen LogP contribution in [0.5, 0.6) is 0 Å². The van der Waals surface area contributed by atoms with Crippen LogP contribution in [0.2, 0.25) is 0 Å². The second kappa shape index (κ2) is 51.0. The molecule has 0 heterocycles. The van der Waals surface area contributed by atoms with Gasteiger partial charge in [-0.3, -0.25) is 14.4 Å². The van der Waals surface area contributed by atoms with Crippen LogP contribution in [0.1, 0.15) is 226 Å². The molecular formula is C57H94O6. The van der Waals surface area contributed by atoms with Crippen molar-refractivity contribution >= 4 is 17.9 Å². The van der Waals surface area contributed by atoms with E-state index in [1.807, 2.05) is 0 Å². The number of rotatable bonds is 45. The maximum absolute atomic E-state index is 12.8. The SMILES string of the molecule is CC/C=C/C/C=C/C/C=C/CCCCCCCC(=O)O[C@@H](COC(=O)CCC/C=C/C/C=C/C/C=C/C/C=C/CCCCC)COC(=O)CCCCCCC/C=C/CCCCCC. The minimum absolute atomic E-state index is 0.107. The molecule has 0 unspecified atom stereocenters. The molecule has 0 fully saturated rings. The lowest BCUT2D eigenvalue weighted by Gasteiger charge is -2.18. The third-order valence-corrected chi connectivity index (χ3v) is 10.5. The highest BCUT2D eigenvalue weighted by Gasteiger charge is 2.19. The number of hydrogen-bond donors (Lipinski definition) is 0. The summed E-state index contributed by atoms with van der Waals surface area (Å²) in [6.07, 6.45) is 66.8. The highest BCUT2D eigenvalue weighted by molar-refractivity contribution is 5.71. The van der Waals surface area contributed by atoms with Gasteiger partial charge < -0.3 is 14.2 Å². The molecule has 0 radical (unpaired) electrons. The molecule has 6 heteroatoms. The topological polar surface area (TPSA) is 78.9 Å². The summed E-state index contributed by atoms with van der Waals surface area (Å²) in [6.45, 7) is 6.40. The molecule has 0 aromatic heterocycles. The predicted molar refractivity (Wildman–Crippen MR) is 270 cm³/mol. The Morgan fingerprint density at radius 3 is 1.08 bits per heavy atom. The minimum Gasteiger partial charge on any atom is -0.462 e. The van der Waals surface area contributed by atoms with E-state index >= 15 is 0 Å². The highest BCUT2D eigenvalue weighted by atomic mass is 16.6. The van der Waals surface area contributed by atoms with Crippen LogP contribution in [-0.4, -0.2) is 37.2 Å². The average molecular weight is 875 g/mol. The second-order valence-electron chi connectivity index (χ2n) is 16.7. The van der Waals surface area contributed by atoms with Crippen molar-refractivity contribution in [3.8, 4) is 0 Å². The zero-order chi connectivity index (χ0) is 45.8. The summed E-state index contributed by atoms with van der Waals surface area (Å²) in [5.74, 6) is -0.995. The Hall–Kier alpha value is -3.67. The van der Waals surface area contributed by atoms with Gasteiger partial charge in [-0.15, -0.1) is 0 Å². The molecule has 0 bridgehead atoms. The van der Waals surface area contributed by atoms with Crippen molar-refractivity contribution in [3.63, 3.8) is 0 Å². The smallest absolute Gasteiger partial charge is 0.306 e. The number of unbranched alkanes of at least 4 members (excludes halogenated alkanes) is 18. The Bertz CT molecular complexity index is 1280. The van der Waals surface area contributed by atoms with E-state index in [9.17, 15) is 14.4 Å². The second-order valence-corrected chi connectivity index (χ2v) is 16.7. The van der Waals surface area contributed by atoms with Crippen molar-refractivity contribution in [1.29, 1.82) is 0 Å². The summed E-state index contributed by atoms with van der Waals surface area (Å²) in [5.41, 5.74) is 0. The fourth-order valence-corrected chi connectivity index (χ4v) is 6.68. The molecule has 0 aromatic carbocycles. The quantitative estimate of drug-likeness (QED) is 0.0262. The third-order valence-electron chi connectivity index (χ3n) is 10.5. The van der Waals surface area contributed by atoms with Crippen LogP contribution in [0, 0.1) is 0 Å². The van der Waals surface area contributed by atoms with Gasteiger partial charge in [-0.25, -0.2) is 0 Å². The maximum Gasteiger partial charge on any atom is 0.306 e.